The highest BCUT2D eigenvalue weighted by molar-refractivity contribution is 7.97. The first kappa shape index (κ1) is 14.5. The van der Waals surface area contributed by atoms with Crippen molar-refractivity contribution in [3.63, 3.8) is 0 Å². The molecule has 6 heteroatoms. The SMILES string of the molecule is CC.CSn1nc(C)c2c(C(=O)O)cc(C)nc21. The molecule has 0 bridgehead atoms. The molecule has 0 aliphatic carbocycles. The molecular weight excluding hydrogens is 250 g/mol. The van der Waals surface area contributed by atoms with Crippen LogP contribution in [0.25, 0.3) is 11.0 Å². The largest absolute Gasteiger partial charge is 0.478 e. The second kappa shape index (κ2) is 5.86. The molecule has 0 spiro atoms. The van der Waals surface area contributed by atoms with Gasteiger partial charge in [-0.3, -0.25) is 0 Å². The number of rotatable bonds is 2. The Labute approximate surface area is 110 Å². The Hall–Kier alpha value is -1.56. The number of pyridine rings is 1. The average Bonchev–Trinajstić information content (AvgIpc) is 2.67. The van der Waals surface area contributed by atoms with Gasteiger partial charge in [-0.05, 0) is 31.9 Å². The molecule has 18 heavy (non-hydrogen) atoms. The summed E-state index contributed by atoms with van der Waals surface area (Å²) in [4.78, 5) is 15.5. The van der Waals surface area contributed by atoms with Gasteiger partial charge in [0.25, 0.3) is 0 Å². The number of aryl methyl sites for hydroxylation is 2. The van der Waals surface area contributed by atoms with Gasteiger partial charge in [0, 0.05) is 11.9 Å². The maximum absolute atomic E-state index is 11.1. The number of carbonyl (C=O) groups is 1. The van der Waals surface area contributed by atoms with Crippen LogP contribution in [0.1, 0.15) is 35.6 Å². The standard InChI is InChI=1S/C10H11N3O2S.C2H6/c1-5-4-7(10(14)15)8-6(2)12-13(16-3)9(8)11-5;1-2/h4H,1-3H3,(H,14,15);1-2H3. The van der Waals surface area contributed by atoms with E-state index < -0.39 is 5.97 Å². The molecule has 0 atom stereocenters. The van der Waals surface area contributed by atoms with Gasteiger partial charge in [0.1, 0.15) is 0 Å². The van der Waals surface area contributed by atoms with Crippen LogP contribution in [0, 0.1) is 13.8 Å². The predicted molar refractivity (Wildman–Crippen MR) is 74.2 cm³/mol. The van der Waals surface area contributed by atoms with E-state index in [0.29, 0.717) is 22.4 Å². The molecule has 0 aromatic carbocycles. The summed E-state index contributed by atoms with van der Waals surface area (Å²) < 4.78 is 1.64. The molecule has 0 saturated heterocycles. The Morgan fingerprint density at radius 2 is 2.00 bits per heavy atom. The van der Waals surface area contributed by atoms with Crippen molar-refractivity contribution < 1.29 is 9.90 Å². The maximum atomic E-state index is 11.1. The molecule has 0 saturated carbocycles. The summed E-state index contributed by atoms with van der Waals surface area (Å²) in [5.74, 6) is -0.945. The Balaban J connectivity index is 0.000000771. The van der Waals surface area contributed by atoms with E-state index in [9.17, 15) is 4.79 Å². The molecule has 0 aliphatic rings. The van der Waals surface area contributed by atoms with Crippen LogP contribution in [0.4, 0.5) is 0 Å². The van der Waals surface area contributed by atoms with E-state index in [2.05, 4.69) is 10.1 Å². The molecular formula is C12H17N3O2S. The molecule has 0 aliphatic heterocycles. The van der Waals surface area contributed by atoms with E-state index in [4.69, 9.17) is 5.11 Å². The Bertz CT molecular complexity index is 578. The number of hydrogen-bond acceptors (Lipinski definition) is 4. The van der Waals surface area contributed by atoms with Crippen molar-refractivity contribution in [2.45, 2.75) is 27.7 Å². The zero-order valence-corrected chi connectivity index (χ0v) is 12.0. The first-order valence-electron chi connectivity index (χ1n) is 5.69. The first-order valence-corrected chi connectivity index (χ1v) is 6.87. The fourth-order valence-corrected chi connectivity index (χ4v) is 2.19. The van der Waals surface area contributed by atoms with Gasteiger partial charge in [0.05, 0.1) is 16.6 Å². The third kappa shape index (κ3) is 2.48. The first-order chi connectivity index (χ1) is 8.54. The zero-order chi connectivity index (χ0) is 13.9. The molecule has 2 aromatic rings. The summed E-state index contributed by atoms with van der Waals surface area (Å²) in [6.45, 7) is 7.57. The van der Waals surface area contributed by atoms with Gasteiger partial charge in [-0.2, -0.15) is 9.19 Å². The highest BCUT2D eigenvalue weighted by atomic mass is 32.2. The summed E-state index contributed by atoms with van der Waals surface area (Å²) in [5.41, 5.74) is 2.25. The Morgan fingerprint density at radius 3 is 2.50 bits per heavy atom. The van der Waals surface area contributed by atoms with E-state index in [-0.39, 0.29) is 5.56 Å². The zero-order valence-electron chi connectivity index (χ0n) is 11.2. The number of fused-ring (bicyclic) bond motifs is 1. The van der Waals surface area contributed by atoms with E-state index in [1.54, 1.807) is 24.0 Å². The molecule has 0 radical (unpaired) electrons. The van der Waals surface area contributed by atoms with Gasteiger partial charge in [0.15, 0.2) is 5.65 Å². The lowest BCUT2D eigenvalue weighted by molar-refractivity contribution is 0.0699. The minimum absolute atomic E-state index is 0.264. The van der Waals surface area contributed by atoms with Crippen LogP contribution in [0.15, 0.2) is 6.07 Å². The number of carboxylic acids is 1. The van der Waals surface area contributed by atoms with Crippen molar-refractivity contribution in [2.75, 3.05) is 6.26 Å². The monoisotopic (exact) mass is 267 g/mol. The number of aromatic carboxylic acids is 1. The summed E-state index contributed by atoms with van der Waals surface area (Å²) in [6, 6.07) is 1.57. The lowest BCUT2D eigenvalue weighted by Crippen LogP contribution is -2.00. The number of carboxylic acid groups (broad SMARTS) is 1. The van der Waals surface area contributed by atoms with Crippen molar-refractivity contribution in [1.82, 2.24) is 14.2 Å². The Morgan fingerprint density at radius 1 is 1.39 bits per heavy atom. The fraction of sp³-hybridized carbons (Fsp3) is 0.417. The normalized spacial score (nSPS) is 10.1. The predicted octanol–water partition coefficient (Wildman–Crippen LogP) is 2.90. The average molecular weight is 267 g/mol. The Kier molecular flexibility index (Phi) is 4.72. The smallest absolute Gasteiger partial charge is 0.336 e. The molecule has 1 N–H and O–H groups in total. The van der Waals surface area contributed by atoms with Gasteiger partial charge in [-0.15, -0.1) is 0 Å². The second-order valence-corrected chi connectivity index (χ2v) is 4.17. The third-order valence-corrected chi connectivity index (χ3v) is 2.92. The van der Waals surface area contributed by atoms with Gasteiger partial charge in [0.2, 0.25) is 0 Å². The van der Waals surface area contributed by atoms with Crippen LogP contribution < -0.4 is 0 Å². The quantitative estimate of drug-likeness (QED) is 0.906. The highest BCUT2D eigenvalue weighted by Crippen LogP contribution is 2.24. The van der Waals surface area contributed by atoms with Crippen molar-refractivity contribution in [2.24, 2.45) is 0 Å². The van der Waals surface area contributed by atoms with E-state index >= 15 is 0 Å². The molecule has 2 rings (SSSR count). The van der Waals surface area contributed by atoms with Crippen molar-refractivity contribution >= 4 is 29.0 Å². The molecule has 5 nitrogen and oxygen atoms in total. The lowest BCUT2D eigenvalue weighted by atomic mass is 10.1. The van der Waals surface area contributed by atoms with E-state index in [1.807, 2.05) is 20.1 Å². The summed E-state index contributed by atoms with van der Waals surface area (Å²) >= 11 is 1.40. The van der Waals surface area contributed by atoms with Crippen molar-refractivity contribution in [1.29, 1.82) is 0 Å². The molecule has 0 amide bonds. The molecule has 0 unspecified atom stereocenters. The van der Waals surface area contributed by atoms with Crippen molar-refractivity contribution in [3.8, 4) is 0 Å². The maximum Gasteiger partial charge on any atom is 0.336 e. The number of hydrogen-bond donors (Lipinski definition) is 1. The highest BCUT2D eigenvalue weighted by Gasteiger charge is 2.17. The van der Waals surface area contributed by atoms with Crippen LogP contribution in [-0.4, -0.2) is 31.5 Å². The van der Waals surface area contributed by atoms with Gasteiger partial charge >= 0.3 is 5.97 Å². The summed E-state index contributed by atoms with van der Waals surface area (Å²) in [6.07, 6.45) is 1.87. The number of aromatic nitrogens is 3. The molecule has 98 valence electrons. The molecule has 2 heterocycles. The summed E-state index contributed by atoms with van der Waals surface area (Å²) in [5, 5.41) is 14.0. The van der Waals surface area contributed by atoms with E-state index in [1.165, 1.54) is 11.9 Å². The van der Waals surface area contributed by atoms with E-state index in [0.717, 1.165) is 0 Å². The van der Waals surface area contributed by atoms with Crippen molar-refractivity contribution in [3.05, 3.63) is 23.0 Å². The fourth-order valence-electron chi connectivity index (χ4n) is 1.68. The topological polar surface area (TPSA) is 68.0 Å². The van der Waals surface area contributed by atoms with Crippen LogP contribution in [0.5, 0.6) is 0 Å². The molecule has 2 aromatic heterocycles. The second-order valence-electron chi connectivity index (χ2n) is 3.46. The van der Waals surface area contributed by atoms with Gasteiger partial charge < -0.3 is 5.11 Å². The van der Waals surface area contributed by atoms with Gasteiger partial charge in [-0.1, -0.05) is 13.8 Å². The lowest BCUT2D eigenvalue weighted by Gasteiger charge is -2.01. The van der Waals surface area contributed by atoms with Crippen LogP contribution in [-0.2, 0) is 0 Å². The molecule has 0 fully saturated rings. The van der Waals surface area contributed by atoms with Crippen LogP contribution in [0.3, 0.4) is 0 Å². The number of nitrogens with zero attached hydrogens (tertiary/aromatic N) is 3. The minimum Gasteiger partial charge on any atom is -0.478 e. The van der Waals surface area contributed by atoms with Crippen LogP contribution in [0.2, 0.25) is 0 Å². The summed E-state index contributed by atoms with van der Waals surface area (Å²) in [7, 11) is 0. The third-order valence-electron chi connectivity index (χ3n) is 2.32. The van der Waals surface area contributed by atoms with Crippen LogP contribution >= 0.6 is 11.9 Å². The minimum atomic E-state index is -0.945. The van der Waals surface area contributed by atoms with Gasteiger partial charge in [-0.25, -0.2) is 9.78 Å².